The van der Waals surface area contributed by atoms with Gasteiger partial charge in [0.1, 0.15) is 12.3 Å². The van der Waals surface area contributed by atoms with E-state index in [9.17, 15) is 14.4 Å². The average Bonchev–Trinajstić information content (AvgIpc) is 2.70. The SMILES string of the molecule is COC(=O)CNC(=O)c1ccc(NC(=O)NCc2ccccc2OC)cc1. The summed E-state index contributed by atoms with van der Waals surface area (Å²) in [5.74, 6) is -0.249. The van der Waals surface area contributed by atoms with Crippen molar-refractivity contribution in [1.29, 1.82) is 0 Å². The molecule has 0 aliphatic carbocycles. The fourth-order valence-electron chi connectivity index (χ4n) is 2.23. The summed E-state index contributed by atoms with van der Waals surface area (Å²) in [5, 5.41) is 7.85. The van der Waals surface area contributed by atoms with Crippen LogP contribution >= 0.6 is 0 Å². The summed E-state index contributed by atoms with van der Waals surface area (Å²) in [6.07, 6.45) is 0. The van der Waals surface area contributed by atoms with Gasteiger partial charge in [-0.1, -0.05) is 18.2 Å². The molecule has 0 bridgehead atoms. The van der Waals surface area contributed by atoms with Crippen molar-refractivity contribution < 1.29 is 23.9 Å². The zero-order chi connectivity index (χ0) is 19.6. The summed E-state index contributed by atoms with van der Waals surface area (Å²) >= 11 is 0. The maximum atomic E-state index is 12.0. The van der Waals surface area contributed by atoms with Gasteiger partial charge in [-0.2, -0.15) is 0 Å². The highest BCUT2D eigenvalue weighted by Gasteiger charge is 2.09. The minimum atomic E-state index is -0.534. The van der Waals surface area contributed by atoms with Crippen LogP contribution in [-0.2, 0) is 16.1 Å². The first-order chi connectivity index (χ1) is 13.0. The summed E-state index contributed by atoms with van der Waals surface area (Å²) in [6.45, 7) is 0.102. The summed E-state index contributed by atoms with van der Waals surface area (Å²) in [4.78, 5) is 34.9. The Morgan fingerprint density at radius 3 is 2.30 bits per heavy atom. The lowest BCUT2D eigenvalue weighted by Gasteiger charge is -2.11. The Balaban J connectivity index is 1.85. The van der Waals surface area contributed by atoms with E-state index >= 15 is 0 Å². The molecular weight excluding hydrogens is 350 g/mol. The Bertz CT molecular complexity index is 805. The van der Waals surface area contributed by atoms with Gasteiger partial charge in [0.2, 0.25) is 0 Å². The lowest BCUT2D eigenvalue weighted by molar-refractivity contribution is -0.139. The van der Waals surface area contributed by atoms with Crippen molar-refractivity contribution in [2.75, 3.05) is 26.1 Å². The van der Waals surface area contributed by atoms with Crippen LogP contribution in [0.2, 0.25) is 0 Å². The molecule has 2 aromatic carbocycles. The number of benzene rings is 2. The van der Waals surface area contributed by atoms with Gasteiger partial charge >= 0.3 is 12.0 Å². The number of carbonyl (C=O) groups is 3. The normalized spacial score (nSPS) is 9.85. The van der Waals surface area contributed by atoms with E-state index in [4.69, 9.17) is 4.74 Å². The molecule has 142 valence electrons. The minimum Gasteiger partial charge on any atom is -0.496 e. The number of rotatable bonds is 7. The predicted octanol–water partition coefficient (Wildman–Crippen LogP) is 1.92. The molecule has 3 amide bonds. The van der Waals surface area contributed by atoms with E-state index in [1.54, 1.807) is 31.4 Å². The standard InChI is InChI=1S/C19H21N3O5/c1-26-16-6-4-3-5-14(16)11-21-19(25)22-15-9-7-13(8-10-15)18(24)20-12-17(23)27-2/h3-10H,11-12H2,1-2H3,(H,20,24)(H2,21,22,25). The highest BCUT2D eigenvalue weighted by Crippen LogP contribution is 2.16. The molecule has 8 nitrogen and oxygen atoms in total. The minimum absolute atomic E-state index is 0.208. The van der Waals surface area contributed by atoms with Gasteiger partial charge in [0.25, 0.3) is 5.91 Å². The van der Waals surface area contributed by atoms with Crippen LogP contribution in [0, 0.1) is 0 Å². The van der Waals surface area contributed by atoms with Gasteiger partial charge in [-0.3, -0.25) is 9.59 Å². The van der Waals surface area contributed by atoms with E-state index in [0.29, 0.717) is 23.5 Å². The van der Waals surface area contributed by atoms with E-state index in [2.05, 4.69) is 20.7 Å². The predicted molar refractivity (Wildman–Crippen MR) is 99.6 cm³/mol. The Morgan fingerprint density at radius 2 is 1.63 bits per heavy atom. The topological polar surface area (TPSA) is 106 Å². The van der Waals surface area contributed by atoms with Gasteiger partial charge in [-0.25, -0.2) is 4.79 Å². The first-order valence-corrected chi connectivity index (χ1v) is 8.15. The Morgan fingerprint density at radius 1 is 0.926 bits per heavy atom. The van der Waals surface area contributed by atoms with Crippen molar-refractivity contribution in [2.24, 2.45) is 0 Å². The smallest absolute Gasteiger partial charge is 0.325 e. The van der Waals surface area contributed by atoms with E-state index < -0.39 is 11.9 Å². The fraction of sp³-hybridized carbons (Fsp3) is 0.211. The number of esters is 1. The van der Waals surface area contributed by atoms with Gasteiger partial charge in [0.05, 0.1) is 14.2 Å². The molecule has 3 N–H and O–H groups in total. The molecule has 0 radical (unpaired) electrons. The van der Waals surface area contributed by atoms with Crippen LogP contribution in [0.15, 0.2) is 48.5 Å². The second-order valence-corrected chi connectivity index (χ2v) is 5.46. The number of ether oxygens (including phenoxy) is 2. The molecule has 0 aliphatic rings. The third-order valence-electron chi connectivity index (χ3n) is 3.66. The van der Waals surface area contributed by atoms with Crippen LogP contribution in [-0.4, -0.2) is 38.7 Å². The molecule has 0 fully saturated rings. The molecule has 0 aromatic heterocycles. The molecule has 8 heteroatoms. The third-order valence-corrected chi connectivity index (χ3v) is 3.66. The Labute approximate surface area is 156 Å². The number of urea groups is 1. The number of para-hydroxylation sites is 1. The zero-order valence-corrected chi connectivity index (χ0v) is 15.1. The van der Waals surface area contributed by atoms with Crippen LogP contribution in [0.25, 0.3) is 0 Å². The molecule has 2 rings (SSSR count). The number of nitrogens with one attached hydrogen (secondary N) is 3. The van der Waals surface area contributed by atoms with Crippen molar-refractivity contribution in [1.82, 2.24) is 10.6 Å². The van der Waals surface area contributed by atoms with E-state index in [1.807, 2.05) is 24.3 Å². The van der Waals surface area contributed by atoms with Crippen molar-refractivity contribution >= 4 is 23.6 Å². The summed E-state index contributed by atoms with van der Waals surface area (Å²) < 4.78 is 9.69. The van der Waals surface area contributed by atoms with Crippen molar-refractivity contribution in [2.45, 2.75) is 6.54 Å². The van der Waals surface area contributed by atoms with Crippen LogP contribution in [0.5, 0.6) is 5.75 Å². The van der Waals surface area contributed by atoms with Crippen LogP contribution in [0.4, 0.5) is 10.5 Å². The molecule has 0 aliphatic heterocycles. The highest BCUT2D eigenvalue weighted by molar-refractivity contribution is 5.96. The van der Waals surface area contributed by atoms with E-state index in [1.165, 1.54) is 7.11 Å². The highest BCUT2D eigenvalue weighted by atomic mass is 16.5. The summed E-state index contributed by atoms with van der Waals surface area (Å²) in [7, 11) is 2.82. The fourth-order valence-corrected chi connectivity index (χ4v) is 2.23. The quantitative estimate of drug-likeness (QED) is 0.645. The lowest BCUT2D eigenvalue weighted by Crippen LogP contribution is -2.30. The molecule has 0 unspecified atom stereocenters. The molecule has 2 aromatic rings. The van der Waals surface area contributed by atoms with Gasteiger partial charge in [0, 0.05) is 23.4 Å². The zero-order valence-electron chi connectivity index (χ0n) is 15.1. The summed E-state index contributed by atoms with van der Waals surface area (Å²) in [5.41, 5.74) is 1.74. The van der Waals surface area contributed by atoms with Gasteiger partial charge in [0.15, 0.2) is 0 Å². The molecule has 0 heterocycles. The number of methoxy groups -OCH3 is 2. The van der Waals surface area contributed by atoms with Gasteiger partial charge < -0.3 is 25.4 Å². The maximum Gasteiger partial charge on any atom is 0.325 e. The van der Waals surface area contributed by atoms with Crippen LogP contribution in [0.1, 0.15) is 15.9 Å². The summed E-state index contributed by atoms with van der Waals surface area (Å²) in [6, 6.07) is 13.3. The maximum absolute atomic E-state index is 12.0. The van der Waals surface area contributed by atoms with Crippen molar-refractivity contribution in [3.05, 3.63) is 59.7 Å². The molecule has 0 atom stereocenters. The lowest BCUT2D eigenvalue weighted by atomic mass is 10.2. The number of carbonyl (C=O) groups excluding carboxylic acids is 3. The van der Waals surface area contributed by atoms with Crippen LogP contribution < -0.4 is 20.7 Å². The average molecular weight is 371 g/mol. The number of hydrogen-bond donors (Lipinski definition) is 3. The van der Waals surface area contributed by atoms with Crippen molar-refractivity contribution in [3.8, 4) is 5.75 Å². The largest absolute Gasteiger partial charge is 0.496 e. The van der Waals surface area contributed by atoms with E-state index in [0.717, 1.165) is 5.56 Å². The Hall–Kier alpha value is -3.55. The van der Waals surface area contributed by atoms with Gasteiger partial charge in [-0.15, -0.1) is 0 Å². The number of hydrogen-bond acceptors (Lipinski definition) is 5. The second-order valence-electron chi connectivity index (χ2n) is 5.46. The second kappa shape index (κ2) is 9.81. The van der Waals surface area contributed by atoms with Crippen molar-refractivity contribution in [3.63, 3.8) is 0 Å². The Kier molecular flexibility index (Phi) is 7.18. The molecule has 0 saturated heterocycles. The molecule has 0 saturated carbocycles. The number of amides is 3. The monoisotopic (exact) mass is 371 g/mol. The van der Waals surface area contributed by atoms with Gasteiger partial charge in [-0.05, 0) is 30.3 Å². The number of anilines is 1. The molecule has 27 heavy (non-hydrogen) atoms. The third kappa shape index (κ3) is 6.03. The van der Waals surface area contributed by atoms with E-state index in [-0.39, 0.29) is 12.6 Å². The first kappa shape index (κ1) is 19.8. The molecular formula is C19H21N3O5. The molecule has 0 spiro atoms. The van der Waals surface area contributed by atoms with Crippen LogP contribution in [0.3, 0.4) is 0 Å². The first-order valence-electron chi connectivity index (χ1n) is 8.15.